The van der Waals surface area contributed by atoms with Crippen LogP contribution in [0, 0.1) is 0 Å². The van der Waals surface area contributed by atoms with E-state index in [-0.39, 0.29) is 11.8 Å². The molecule has 5 rings (SSSR count). The van der Waals surface area contributed by atoms with Gasteiger partial charge in [0.1, 0.15) is 6.04 Å². The number of carbonyl (C=O) groups is 2. The average Bonchev–Trinajstić information content (AvgIpc) is 3.53. The van der Waals surface area contributed by atoms with E-state index >= 15 is 0 Å². The quantitative estimate of drug-likeness (QED) is 0.720. The largest absolute Gasteiger partial charge is 0.329 e. The van der Waals surface area contributed by atoms with Gasteiger partial charge in [0, 0.05) is 30.4 Å². The molecule has 2 aromatic rings. The lowest BCUT2D eigenvalue weighted by Crippen LogP contribution is -2.48. The standard InChI is InChI=1S/C27H34N4O2/c1-16(2)31-22-13-14-23(31)25-20(6-4-7-21(22)25)18-9-11-19(12-10-18)29-26(32)24-8-5-15-30(24)27(33)17(3)28/h4,6-7,9-12,16-17,22-24H,5,8,13-15,28H2,1-3H3,(H,29,32). The maximum atomic E-state index is 12.9. The lowest BCUT2D eigenvalue weighted by Gasteiger charge is -2.26. The number of hydrogen-bond donors (Lipinski definition) is 2. The molecule has 0 radical (unpaired) electrons. The molecule has 3 N–H and O–H groups in total. The fraction of sp³-hybridized carbons (Fsp3) is 0.481. The summed E-state index contributed by atoms with van der Waals surface area (Å²) in [5.41, 5.74) is 12.0. The van der Waals surface area contributed by atoms with Crippen LogP contribution < -0.4 is 11.1 Å². The van der Waals surface area contributed by atoms with Crippen molar-refractivity contribution >= 4 is 17.5 Å². The summed E-state index contributed by atoms with van der Waals surface area (Å²) in [5, 5.41) is 3.01. The number of likely N-dealkylation sites (tertiary alicyclic amines) is 1. The molecule has 0 spiro atoms. The second-order valence-electron chi connectivity index (χ2n) is 10.0. The van der Waals surface area contributed by atoms with Gasteiger partial charge < -0.3 is 16.0 Å². The molecule has 2 amide bonds. The first-order valence-corrected chi connectivity index (χ1v) is 12.2. The first-order chi connectivity index (χ1) is 15.9. The van der Waals surface area contributed by atoms with Crippen molar-refractivity contribution in [2.75, 3.05) is 11.9 Å². The monoisotopic (exact) mass is 446 g/mol. The minimum Gasteiger partial charge on any atom is -0.329 e. The van der Waals surface area contributed by atoms with Crippen LogP contribution in [0.2, 0.25) is 0 Å². The Hall–Kier alpha value is -2.70. The minimum atomic E-state index is -0.591. The molecule has 4 atom stereocenters. The van der Waals surface area contributed by atoms with E-state index in [4.69, 9.17) is 5.73 Å². The third-order valence-corrected chi connectivity index (χ3v) is 7.55. The van der Waals surface area contributed by atoms with Gasteiger partial charge in [-0.05, 0) is 80.8 Å². The Bertz CT molecular complexity index is 1060. The summed E-state index contributed by atoms with van der Waals surface area (Å²) < 4.78 is 0. The smallest absolute Gasteiger partial charge is 0.247 e. The normalized spacial score (nSPS) is 24.9. The molecule has 2 saturated heterocycles. The number of nitrogens with two attached hydrogens (primary N) is 1. The number of nitrogens with one attached hydrogen (secondary N) is 1. The molecule has 2 fully saturated rings. The molecule has 2 bridgehead atoms. The number of carbonyl (C=O) groups excluding carboxylic acids is 2. The zero-order valence-corrected chi connectivity index (χ0v) is 19.8. The molecular formula is C27H34N4O2. The van der Waals surface area contributed by atoms with Crippen LogP contribution in [0.5, 0.6) is 0 Å². The Labute approximate surface area is 196 Å². The highest BCUT2D eigenvalue weighted by Crippen LogP contribution is 2.56. The van der Waals surface area contributed by atoms with Crippen molar-refractivity contribution in [3.8, 4) is 11.1 Å². The van der Waals surface area contributed by atoms with Gasteiger partial charge in [-0.2, -0.15) is 0 Å². The molecular weight excluding hydrogens is 412 g/mol. The lowest BCUT2D eigenvalue weighted by molar-refractivity contribution is -0.137. The zero-order chi connectivity index (χ0) is 23.3. The zero-order valence-electron chi connectivity index (χ0n) is 19.8. The SMILES string of the molecule is CC(N)C(=O)N1CCCC1C(=O)Nc1ccc(-c2cccc3c2C2CCC3N2C(C)C)cc1. The molecule has 33 heavy (non-hydrogen) atoms. The molecule has 3 aliphatic heterocycles. The molecule has 174 valence electrons. The average molecular weight is 447 g/mol. The number of benzene rings is 2. The summed E-state index contributed by atoms with van der Waals surface area (Å²) in [7, 11) is 0. The van der Waals surface area contributed by atoms with Gasteiger partial charge in [-0.1, -0.05) is 30.3 Å². The molecule has 2 aromatic carbocycles. The van der Waals surface area contributed by atoms with E-state index in [1.165, 1.54) is 35.1 Å². The number of nitrogens with zero attached hydrogens (tertiary/aromatic N) is 2. The molecule has 3 heterocycles. The van der Waals surface area contributed by atoms with E-state index in [2.05, 4.69) is 54.4 Å². The Balaban J connectivity index is 1.34. The number of hydrogen-bond acceptors (Lipinski definition) is 4. The van der Waals surface area contributed by atoms with E-state index in [9.17, 15) is 9.59 Å². The van der Waals surface area contributed by atoms with Crippen molar-refractivity contribution < 1.29 is 9.59 Å². The van der Waals surface area contributed by atoms with Crippen molar-refractivity contribution in [1.29, 1.82) is 0 Å². The van der Waals surface area contributed by atoms with Crippen molar-refractivity contribution in [3.63, 3.8) is 0 Å². The van der Waals surface area contributed by atoms with Gasteiger partial charge in [-0.25, -0.2) is 0 Å². The number of rotatable bonds is 5. The summed E-state index contributed by atoms with van der Waals surface area (Å²) in [6.07, 6.45) is 3.96. The molecule has 0 saturated carbocycles. The third-order valence-electron chi connectivity index (χ3n) is 7.55. The molecule has 3 aliphatic rings. The Morgan fingerprint density at radius 2 is 1.73 bits per heavy atom. The summed E-state index contributed by atoms with van der Waals surface area (Å²) in [6, 6.07) is 15.3. The fourth-order valence-corrected chi connectivity index (χ4v) is 6.18. The Kier molecular flexibility index (Phi) is 5.75. The lowest BCUT2D eigenvalue weighted by atomic mass is 9.86. The maximum absolute atomic E-state index is 12.9. The van der Waals surface area contributed by atoms with Gasteiger partial charge in [0.05, 0.1) is 6.04 Å². The van der Waals surface area contributed by atoms with Gasteiger partial charge in [-0.3, -0.25) is 14.5 Å². The molecule has 6 heteroatoms. The highest BCUT2D eigenvalue weighted by Gasteiger charge is 2.45. The van der Waals surface area contributed by atoms with Gasteiger partial charge >= 0.3 is 0 Å². The first kappa shape index (κ1) is 22.1. The van der Waals surface area contributed by atoms with E-state index in [0.717, 1.165) is 12.1 Å². The van der Waals surface area contributed by atoms with Gasteiger partial charge in [0.15, 0.2) is 0 Å². The summed E-state index contributed by atoms with van der Waals surface area (Å²) in [5.74, 6) is -0.301. The summed E-state index contributed by atoms with van der Waals surface area (Å²) in [4.78, 5) is 29.5. The highest BCUT2D eigenvalue weighted by molar-refractivity contribution is 5.98. The highest BCUT2D eigenvalue weighted by atomic mass is 16.2. The minimum absolute atomic E-state index is 0.139. The van der Waals surface area contributed by atoms with E-state index in [1.807, 2.05) is 12.1 Å². The predicted molar refractivity (Wildman–Crippen MR) is 131 cm³/mol. The van der Waals surface area contributed by atoms with Crippen molar-refractivity contribution in [2.24, 2.45) is 5.73 Å². The number of fused-ring (bicyclic) bond motifs is 5. The molecule has 0 aliphatic carbocycles. The van der Waals surface area contributed by atoms with Gasteiger partial charge in [0.2, 0.25) is 11.8 Å². The summed E-state index contributed by atoms with van der Waals surface area (Å²) in [6.45, 7) is 6.84. The van der Waals surface area contributed by atoms with Crippen LogP contribution in [0.4, 0.5) is 5.69 Å². The third kappa shape index (κ3) is 3.75. The number of amides is 2. The van der Waals surface area contributed by atoms with Crippen LogP contribution in [-0.2, 0) is 9.59 Å². The van der Waals surface area contributed by atoms with Crippen LogP contribution in [-0.4, -0.2) is 46.3 Å². The molecule has 4 unspecified atom stereocenters. The topological polar surface area (TPSA) is 78.7 Å². The number of anilines is 1. The predicted octanol–water partition coefficient (Wildman–Crippen LogP) is 4.23. The fourth-order valence-electron chi connectivity index (χ4n) is 6.18. The second-order valence-corrected chi connectivity index (χ2v) is 10.0. The Morgan fingerprint density at radius 1 is 1.00 bits per heavy atom. The molecule has 0 aromatic heterocycles. The van der Waals surface area contributed by atoms with Crippen LogP contribution in [0.1, 0.15) is 69.7 Å². The van der Waals surface area contributed by atoms with E-state index < -0.39 is 12.1 Å². The Morgan fingerprint density at radius 3 is 2.42 bits per heavy atom. The summed E-state index contributed by atoms with van der Waals surface area (Å²) >= 11 is 0. The van der Waals surface area contributed by atoms with Crippen molar-refractivity contribution in [1.82, 2.24) is 9.80 Å². The molecule has 6 nitrogen and oxygen atoms in total. The first-order valence-electron chi connectivity index (χ1n) is 12.2. The van der Waals surface area contributed by atoms with Crippen LogP contribution in [0.3, 0.4) is 0 Å². The van der Waals surface area contributed by atoms with Crippen LogP contribution in [0.15, 0.2) is 42.5 Å². The van der Waals surface area contributed by atoms with E-state index in [1.54, 1.807) is 11.8 Å². The van der Waals surface area contributed by atoms with Crippen LogP contribution >= 0.6 is 0 Å². The van der Waals surface area contributed by atoms with Crippen LogP contribution in [0.25, 0.3) is 11.1 Å². The van der Waals surface area contributed by atoms with Crippen molar-refractivity contribution in [3.05, 3.63) is 53.6 Å². The maximum Gasteiger partial charge on any atom is 0.247 e. The van der Waals surface area contributed by atoms with Crippen molar-refractivity contribution in [2.45, 2.75) is 76.7 Å². The van der Waals surface area contributed by atoms with E-state index in [0.29, 0.717) is 31.1 Å². The second kappa shape index (κ2) is 8.58. The van der Waals surface area contributed by atoms with Gasteiger partial charge in [-0.15, -0.1) is 0 Å². The van der Waals surface area contributed by atoms with Gasteiger partial charge in [0.25, 0.3) is 0 Å².